The summed E-state index contributed by atoms with van der Waals surface area (Å²) in [5, 5.41) is 24.2. The second kappa shape index (κ2) is 8.85. The number of benzene rings is 2. The Kier molecular flexibility index (Phi) is 5.85. The molecule has 3 rings (SSSR count). The number of hydrogen-bond donors (Lipinski definition) is 2. The van der Waals surface area contributed by atoms with Crippen molar-refractivity contribution >= 4 is 34.1 Å². The highest BCUT2D eigenvalue weighted by molar-refractivity contribution is 5.97. The first-order valence-corrected chi connectivity index (χ1v) is 8.53. The lowest BCUT2D eigenvalue weighted by Gasteiger charge is -2.17. The number of nitrogens with zero attached hydrogens (tertiary/aromatic N) is 5. The second-order valence-corrected chi connectivity index (χ2v) is 5.91. The van der Waals surface area contributed by atoms with E-state index in [9.17, 15) is 4.79 Å². The summed E-state index contributed by atoms with van der Waals surface area (Å²) in [4.78, 5) is 22.0. The number of rotatable bonds is 5. The Morgan fingerprint density at radius 3 is 2.59 bits per heavy atom. The van der Waals surface area contributed by atoms with E-state index in [1.165, 1.54) is 6.33 Å². The molecule has 1 aromatic heterocycles. The third-order valence-electron chi connectivity index (χ3n) is 3.99. The van der Waals surface area contributed by atoms with Crippen molar-refractivity contribution in [2.24, 2.45) is 0 Å². The molecule has 0 bridgehead atoms. The maximum atomic E-state index is 12.3. The van der Waals surface area contributed by atoms with Crippen LogP contribution in [0.25, 0.3) is 10.9 Å². The smallest absolute Gasteiger partial charge is 0.323 e. The lowest BCUT2D eigenvalue weighted by atomic mass is 10.2. The van der Waals surface area contributed by atoms with Crippen LogP contribution in [0.2, 0.25) is 0 Å². The van der Waals surface area contributed by atoms with Crippen LogP contribution in [-0.2, 0) is 0 Å². The highest BCUT2D eigenvalue weighted by Crippen LogP contribution is 2.26. The Bertz CT molecular complexity index is 1170. The van der Waals surface area contributed by atoms with E-state index in [-0.39, 0.29) is 13.1 Å². The molecule has 0 spiro atoms. The van der Waals surface area contributed by atoms with Crippen molar-refractivity contribution in [1.29, 1.82) is 10.5 Å². The molecule has 2 N–H and O–H groups in total. The Morgan fingerprint density at radius 2 is 1.86 bits per heavy atom. The van der Waals surface area contributed by atoms with Gasteiger partial charge in [0.05, 0.1) is 17.7 Å². The molecule has 0 atom stereocenters. The summed E-state index contributed by atoms with van der Waals surface area (Å²) in [5.74, 6) is 3.13. The number of hydrogen-bond acceptors (Lipinski definition) is 6. The minimum atomic E-state index is -0.541. The summed E-state index contributed by atoms with van der Waals surface area (Å²) >= 11 is 0. The SMILES string of the molecule is C#Cc1cccc(Nc2ncnc3ccc(NC(=O)N(CC#N)CC#N)cc23)c1. The van der Waals surface area contributed by atoms with Crippen molar-refractivity contribution < 1.29 is 4.79 Å². The summed E-state index contributed by atoms with van der Waals surface area (Å²) in [6, 6.07) is 15.7. The van der Waals surface area contributed by atoms with Crippen LogP contribution in [0, 0.1) is 35.0 Å². The summed E-state index contributed by atoms with van der Waals surface area (Å²) in [6.07, 6.45) is 6.89. The fraction of sp³-hybridized carbons (Fsp3) is 0.0952. The second-order valence-electron chi connectivity index (χ2n) is 5.91. The minimum Gasteiger partial charge on any atom is -0.340 e. The minimum absolute atomic E-state index is 0.186. The van der Waals surface area contributed by atoms with E-state index < -0.39 is 6.03 Å². The standard InChI is InChI=1S/C21H15N7O/c1-2-15-4-3-5-16(12-15)26-20-18-13-17(6-7-19(18)24-14-25-20)27-21(29)28(10-8-22)11-9-23/h1,3-7,12-14H,10-11H2,(H,27,29)(H,24,25,26). The average Bonchev–Trinajstić information content (AvgIpc) is 2.74. The van der Waals surface area contributed by atoms with E-state index in [0.29, 0.717) is 22.4 Å². The van der Waals surface area contributed by atoms with Crippen LogP contribution in [0.5, 0.6) is 0 Å². The van der Waals surface area contributed by atoms with Crippen molar-refractivity contribution in [2.45, 2.75) is 0 Å². The Balaban J connectivity index is 1.90. The fourth-order valence-electron chi connectivity index (χ4n) is 2.63. The topological polar surface area (TPSA) is 118 Å². The summed E-state index contributed by atoms with van der Waals surface area (Å²) in [7, 11) is 0. The zero-order chi connectivity index (χ0) is 20.6. The molecule has 0 saturated carbocycles. The van der Waals surface area contributed by atoms with Crippen molar-refractivity contribution in [3.05, 3.63) is 54.4 Å². The molecule has 3 aromatic rings. The number of aromatic nitrogens is 2. The Morgan fingerprint density at radius 1 is 1.07 bits per heavy atom. The number of nitrogens with one attached hydrogen (secondary N) is 2. The van der Waals surface area contributed by atoms with Gasteiger partial charge in [0.25, 0.3) is 0 Å². The van der Waals surface area contributed by atoms with Gasteiger partial charge in [0.1, 0.15) is 25.2 Å². The third-order valence-corrected chi connectivity index (χ3v) is 3.99. The van der Waals surface area contributed by atoms with Crippen LogP contribution in [0.1, 0.15) is 5.56 Å². The summed E-state index contributed by atoms with van der Waals surface area (Å²) in [5.41, 5.74) is 2.67. The van der Waals surface area contributed by atoms with Gasteiger partial charge >= 0.3 is 6.03 Å². The molecule has 8 nitrogen and oxygen atoms in total. The van der Waals surface area contributed by atoms with Crippen LogP contribution < -0.4 is 10.6 Å². The number of carbonyl (C=O) groups excluding carboxylic acids is 1. The number of carbonyl (C=O) groups is 1. The largest absolute Gasteiger partial charge is 0.340 e. The van der Waals surface area contributed by atoms with Crippen LogP contribution in [-0.4, -0.2) is 34.0 Å². The van der Waals surface area contributed by atoms with Gasteiger partial charge in [-0.05, 0) is 36.4 Å². The van der Waals surface area contributed by atoms with Crippen molar-refractivity contribution in [3.8, 4) is 24.5 Å². The van der Waals surface area contributed by atoms with E-state index in [1.54, 1.807) is 18.2 Å². The van der Waals surface area contributed by atoms with Crippen LogP contribution in [0.15, 0.2) is 48.8 Å². The molecule has 0 unspecified atom stereocenters. The van der Waals surface area contributed by atoms with Crippen LogP contribution in [0.3, 0.4) is 0 Å². The average molecular weight is 381 g/mol. The summed E-state index contributed by atoms with van der Waals surface area (Å²) < 4.78 is 0. The summed E-state index contributed by atoms with van der Waals surface area (Å²) in [6.45, 7) is -0.372. The van der Waals surface area contributed by atoms with Crippen LogP contribution in [0.4, 0.5) is 22.0 Å². The molecular formula is C21H15N7O. The number of amides is 2. The molecule has 2 aromatic carbocycles. The van der Waals surface area contributed by atoms with Crippen LogP contribution >= 0.6 is 0 Å². The molecule has 8 heteroatoms. The van der Waals surface area contributed by atoms with Gasteiger partial charge in [-0.25, -0.2) is 14.8 Å². The number of anilines is 3. The van der Waals surface area contributed by atoms with Gasteiger partial charge in [0.15, 0.2) is 0 Å². The lowest BCUT2D eigenvalue weighted by Crippen LogP contribution is -2.35. The zero-order valence-electron chi connectivity index (χ0n) is 15.3. The molecule has 0 aliphatic carbocycles. The maximum Gasteiger partial charge on any atom is 0.323 e. The van der Waals surface area contributed by atoms with E-state index in [0.717, 1.165) is 16.2 Å². The molecule has 2 amide bonds. The molecule has 1 heterocycles. The van der Waals surface area contributed by atoms with Gasteiger partial charge in [-0.3, -0.25) is 4.90 Å². The van der Waals surface area contributed by atoms with Crippen molar-refractivity contribution in [2.75, 3.05) is 23.7 Å². The van der Waals surface area contributed by atoms with E-state index >= 15 is 0 Å². The highest BCUT2D eigenvalue weighted by Gasteiger charge is 2.14. The van der Waals surface area contributed by atoms with E-state index in [4.69, 9.17) is 16.9 Å². The Labute approximate surface area is 167 Å². The van der Waals surface area contributed by atoms with Gasteiger partial charge < -0.3 is 10.6 Å². The molecule has 0 saturated heterocycles. The van der Waals surface area contributed by atoms with Gasteiger partial charge in [-0.1, -0.05) is 12.0 Å². The predicted molar refractivity (Wildman–Crippen MR) is 109 cm³/mol. The van der Waals surface area contributed by atoms with Crippen molar-refractivity contribution in [1.82, 2.24) is 14.9 Å². The number of terminal acetylenes is 1. The molecule has 0 aliphatic heterocycles. The fourth-order valence-corrected chi connectivity index (χ4v) is 2.63. The first-order valence-electron chi connectivity index (χ1n) is 8.53. The molecule has 0 aliphatic rings. The molecular weight excluding hydrogens is 366 g/mol. The maximum absolute atomic E-state index is 12.3. The molecule has 0 fully saturated rings. The van der Waals surface area contributed by atoms with Crippen molar-refractivity contribution in [3.63, 3.8) is 0 Å². The normalized spacial score (nSPS) is 9.69. The third kappa shape index (κ3) is 4.57. The number of nitriles is 2. The van der Waals surface area contributed by atoms with Gasteiger partial charge in [0.2, 0.25) is 0 Å². The van der Waals surface area contributed by atoms with E-state index in [2.05, 4.69) is 26.5 Å². The monoisotopic (exact) mass is 381 g/mol. The number of urea groups is 1. The zero-order valence-corrected chi connectivity index (χ0v) is 15.3. The lowest BCUT2D eigenvalue weighted by molar-refractivity contribution is 0.223. The number of fused-ring (bicyclic) bond motifs is 1. The Hall–Kier alpha value is -4.61. The molecule has 140 valence electrons. The highest BCUT2D eigenvalue weighted by atomic mass is 16.2. The van der Waals surface area contributed by atoms with Gasteiger partial charge in [-0.2, -0.15) is 10.5 Å². The van der Waals surface area contributed by atoms with Gasteiger partial charge in [0, 0.05) is 22.3 Å². The molecule has 0 radical (unpaired) electrons. The predicted octanol–water partition coefficient (Wildman–Crippen LogP) is 3.24. The first kappa shape index (κ1) is 19.2. The first-order chi connectivity index (χ1) is 14.1. The van der Waals surface area contributed by atoms with Gasteiger partial charge in [-0.15, -0.1) is 6.42 Å². The quantitative estimate of drug-likeness (QED) is 0.517. The van der Waals surface area contributed by atoms with E-state index in [1.807, 2.05) is 36.4 Å². The molecule has 29 heavy (non-hydrogen) atoms.